The van der Waals surface area contributed by atoms with E-state index in [0.29, 0.717) is 23.6 Å². The Morgan fingerprint density at radius 1 is 1.07 bits per heavy atom. The molecule has 0 aliphatic rings. The van der Waals surface area contributed by atoms with E-state index in [1.54, 1.807) is 30.3 Å². The molecule has 0 saturated carbocycles. The minimum atomic E-state index is -3.44. The number of hydrogen-bond donors (Lipinski definition) is 2. The lowest BCUT2D eigenvalue weighted by Gasteiger charge is -2.10. The number of rotatable bonds is 8. The van der Waals surface area contributed by atoms with Crippen LogP contribution in [0.3, 0.4) is 0 Å². The predicted octanol–water partition coefficient (Wildman–Crippen LogP) is 3.67. The molecule has 3 aromatic rings. The number of carbonyl (C=O) groups is 1. The van der Waals surface area contributed by atoms with Crippen molar-refractivity contribution in [3.8, 4) is 11.3 Å². The number of nitrogens with zero attached hydrogens (tertiary/aromatic N) is 1. The van der Waals surface area contributed by atoms with E-state index in [0.717, 1.165) is 5.56 Å². The maximum Gasteiger partial charge on any atom is 0.277 e. The predicted molar refractivity (Wildman–Crippen MR) is 112 cm³/mol. The summed E-state index contributed by atoms with van der Waals surface area (Å²) in [7, 11) is -3.44. The third-order valence-corrected chi connectivity index (χ3v) is 5.37. The largest absolute Gasteiger partial charge is 0.355 e. The Morgan fingerprint density at radius 3 is 2.55 bits per heavy atom. The van der Waals surface area contributed by atoms with Crippen LogP contribution in [0.2, 0.25) is 0 Å². The van der Waals surface area contributed by atoms with Crippen LogP contribution in [0.15, 0.2) is 65.2 Å². The standard InChI is InChI=1S/C21H23N3O4S/c1-15(2)13-22-29(26,27)14-16-7-6-10-18(11-16)23-21(25)19-12-20(28-24-19)17-8-4-3-5-9-17/h3-12,15,22H,13-14H2,1-2H3,(H,23,25). The van der Waals surface area contributed by atoms with Gasteiger partial charge < -0.3 is 9.84 Å². The lowest BCUT2D eigenvalue weighted by Crippen LogP contribution is -2.28. The van der Waals surface area contributed by atoms with Crippen molar-refractivity contribution < 1.29 is 17.7 Å². The van der Waals surface area contributed by atoms with E-state index in [1.807, 2.05) is 44.2 Å². The van der Waals surface area contributed by atoms with Crippen LogP contribution in [0.5, 0.6) is 0 Å². The molecule has 0 spiro atoms. The molecule has 0 aliphatic heterocycles. The van der Waals surface area contributed by atoms with Crippen molar-refractivity contribution in [1.82, 2.24) is 9.88 Å². The highest BCUT2D eigenvalue weighted by Crippen LogP contribution is 2.20. The second-order valence-electron chi connectivity index (χ2n) is 7.10. The van der Waals surface area contributed by atoms with Crippen LogP contribution in [0, 0.1) is 5.92 Å². The summed E-state index contributed by atoms with van der Waals surface area (Å²) in [5, 5.41) is 6.54. The minimum absolute atomic E-state index is 0.139. The first-order chi connectivity index (χ1) is 13.8. The molecule has 1 amide bonds. The number of anilines is 1. The van der Waals surface area contributed by atoms with E-state index in [4.69, 9.17) is 4.52 Å². The first kappa shape index (κ1) is 20.8. The number of amides is 1. The van der Waals surface area contributed by atoms with Crippen molar-refractivity contribution in [1.29, 1.82) is 0 Å². The Bertz CT molecular complexity index is 1080. The molecule has 7 nitrogen and oxygen atoms in total. The van der Waals surface area contributed by atoms with Crippen molar-refractivity contribution >= 4 is 21.6 Å². The van der Waals surface area contributed by atoms with Gasteiger partial charge >= 0.3 is 0 Å². The fraction of sp³-hybridized carbons (Fsp3) is 0.238. The van der Waals surface area contributed by atoms with Gasteiger partial charge in [0.1, 0.15) is 0 Å². The van der Waals surface area contributed by atoms with Gasteiger partial charge in [0.25, 0.3) is 5.91 Å². The number of aromatic nitrogens is 1. The summed E-state index contributed by atoms with van der Waals surface area (Å²) >= 11 is 0. The monoisotopic (exact) mass is 413 g/mol. The number of hydrogen-bond acceptors (Lipinski definition) is 5. The molecule has 8 heteroatoms. The van der Waals surface area contributed by atoms with Gasteiger partial charge in [0.05, 0.1) is 5.75 Å². The second kappa shape index (κ2) is 9.02. The lowest BCUT2D eigenvalue weighted by molar-refractivity contribution is 0.101. The van der Waals surface area contributed by atoms with Gasteiger partial charge in [-0.3, -0.25) is 4.79 Å². The van der Waals surface area contributed by atoms with E-state index in [9.17, 15) is 13.2 Å². The van der Waals surface area contributed by atoms with E-state index < -0.39 is 15.9 Å². The van der Waals surface area contributed by atoms with E-state index >= 15 is 0 Å². The zero-order valence-electron chi connectivity index (χ0n) is 16.3. The van der Waals surface area contributed by atoms with Gasteiger partial charge in [0.2, 0.25) is 10.0 Å². The Balaban J connectivity index is 1.67. The number of sulfonamides is 1. The second-order valence-corrected chi connectivity index (χ2v) is 8.91. The maximum absolute atomic E-state index is 12.5. The van der Waals surface area contributed by atoms with Gasteiger partial charge in [0.15, 0.2) is 11.5 Å². The molecule has 3 rings (SSSR count). The van der Waals surface area contributed by atoms with Crippen LogP contribution in [-0.4, -0.2) is 26.0 Å². The quantitative estimate of drug-likeness (QED) is 0.587. The molecular formula is C21H23N3O4S. The van der Waals surface area contributed by atoms with Gasteiger partial charge in [-0.1, -0.05) is 61.5 Å². The zero-order chi connectivity index (χ0) is 20.9. The molecule has 2 N–H and O–H groups in total. The summed E-state index contributed by atoms with van der Waals surface area (Å²) in [5.74, 6) is 0.116. The molecule has 1 heterocycles. The van der Waals surface area contributed by atoms with E-state index in [2.05, 4.69) is 15.2 Å². The Kier molecular flexibility index (Phi) is 6.46. The summed E-state index contributed by atoms with van der Waals surface area (Å²) in [6, 6.07) is 17.6. The number of carbonyl (C=O) groups excluding carboxylic acids is 1. The molecule has 0 aliphatic carbocycles. The third kappa shape index (κ3) is 6.00. The highest BCUT2D eigenvalue weighted by atomic mass is 32.2. The Labute approximate surface area is 170 Å². The topological polar surface area (TPSA) is 101 Å². The molecule has 1 aromatic heterocycles. The Morgan fingerprint density at radius 2 is 1.83 bits per heavy atom. The summed E-state index contributed by atoms with van der Waals surface area (Å²) in [6.45, 7) is 4.26. The zero-order valence-corrected chi connectivity index (χ0v) is 17.1. The SMILES string of the molecule is CC(C)CNS(=O)(=O)Cc1cccc(NC(=O)c2cc(-c3ccccc3)on2)c1. The van der Waals surface area contributed by atoms with Crippen LogP contribution in [0.25, 0.3) is 11.3 Å². The van der Waals surface area contributed by atoms with Gasteiger partial charge in [-0.15, -0.1) is 0 Å². The van der Waals surface area contributed by atoms with Gasteiger partial charge in [-0.05, 0) is 23.6 Å². The number of benzene rings is 2. The maximum atomic E-state index is 12.5. The van der Waals surface area contributed by atoms with E-state index in [1.165, 1.54) is 0 Å². The van der Waals surface area contributed by atoms with Crippen molar-refractivity contribution in [2.75, 3.05) is 11.9 Å². The molecule has 0 bridgehead atoms. The third-order valence-electron chi connectivity index (χ3n) is 4.05. The van der Waals surface area contributed by atoms with Crippen LogP contribution in [-0.2, 0) is 15.8 Å². The fourth-order valence-electron chi connectivity index (χ4n) is 2.62. The molecule has 0 radical (unpaired) electrons. The van der Waals surface area contributed by atoms with Gasteiger partial charge in [0, 0.05) is 23.9 Å². The first-order valence-electron chi connectivity index (χ1n) is 9.22. The van der Waals surface area contributed by atoms with Crippen LogP contribution in [0.4, 0.5) is 5.69 Å². The van der Waals surface area contributed by atoms with Crippen molar-refractivity contribution in [3.63, 3.8) is 0 Å². The summed E-state index contributed by atoms with van der Waals surface area (Å²) in [6.07, 6.45) is 0. The summed E-state index contributed by atoms with van der Waals surface area (Å²) in [4.78, 5) is 12.5. The number of nitrogens with one attached hydrogen (secondary N) is 2. The molecule has 0 atom stereocenters. The van der Waals surface area contributed by atoms with Crippen LogP contribution in [0.1, 0.15) is 29.9 Å². The molecule has 0 saturated heterocycles. The van der Waals surface area contributed by atoms with Crippen molar-refractivity contribution in [2.45, 2.75) is 19.6 Å². The molecule has 152 valence electrons. The molecule has 0 unspecified atom stereocenters. The first-order valence-corrected chi connectivity index (χ1v) is 10.9. The van der Waals surface area contributed by atoms with Gasteiger partial charge in [-0.25, -0.2) is 13.1 Å². The fourth-order valence-corrected chi connectivity index (χ4v) is 3.93. The molecule has 0 fully saturated rings. The Hall–Kier alpha value is -2.97. The highest BCUT2D eigenvalue weighted by molar-refractivity contribution is 7.88. The average molecular weight is 413 g/mol. The highest BCUT2D eigenvalue weighted by Gasteiger charge is 2.15. The smallest absolute Gasteiger partial charge is 0.277 e. The molecule has 29 heavy (non-hydrogen) atoms. The van der Waals surface area contributed by atoms with Crippen molar-refractivity contribution in [3.05, 3.63) is 71.9 Å². The summed E-state index contributed by atoms with van der Waals surface area (Å²) < 4.78 is 32.2. The molecule has 2 aromatic carbocycles. The van der Waals surface area contributed by atoms with Crippen LogP contribution < -0.4 is 10.0 Å². The van der Waals surface area contributed by atoms with Crippen LogP contribution >= 0.6 is 0 Å². The van der Waals surface area contributed by atoms with Gasteiger partial charge in [-0.2, -0.15) is 0 Å². The van der Waals surface area contributed by atoms with E-state index in [-0.39, 0.29) is 17.4 Å². The summed E-state index contributed by atoms with van der Waals surface area (Å²) in [5.41, 5.74) is 2.01. The lowest BCUT2D eigenvalue weighted by atomic mass is 10.1. The van der Waals surface area contributed by atoms with Crippen molar-refractivity contribution in [2.24, 2.45) is 5.92 Å². The minimum Gasteiger partial charge on any atom is -0.355 e. The molecular weight excluding hydrogens is 390 g/mol. The average Bonchev–Trinajstić information content (AvgIpc) is 3.18. The normalized spacial score (nSPS) is 11.6.